The van der Waals surface area contributed by atoms with Crippen molar-refractivity contribution in [2.24, 2.45) is 0 Å². The minimum atomic E-state index is -3.62. The summed E-state index contributed by atoms with van der Waals surface area (Å²) in [4.78, 5) is 12.6. The number of carbonyl (C=O) groups is 1. The molecule has 154 valence electrons. The number of nitrogens with one attached hydrogen (secondary N) is 2. The lowest BCUT2D eigenvalue weighted by atomic mass is 10.1. The molecule has 0 aliphatic carbocycles. The second-order valence-electron chi connectivity index (χ2n) is 7.38. The number of anilines is 3. The quantitative estimate of drug-likeness (QED) is 0.641. The average Bonchev–Trinajstić information content (AvgIpc) is 3.14. The summed E-state index contributed by atoms with van der Waals surface area (Å²) in [5.74, 6) is 0. The molecule has 3 aromatic rings. The summed E-state index contributed by atoms with van der Waals surface area (Å²) in [5, 5.41) is 5.65. The number of hydrogen-bond donors (Lipinski definition) is 2. The molecule has 0 radical (unpaired) electrons. The molecule has 0 spiro atoms. The van der Waals surface area contributed by atoms with E-state index in [0.29, 0.717) is 24.3 Å². The maximum absolute atomic E-state index is 13.1. The van der Waals surface area contributed by atoms with Crippen LogP contribution in [-0.4, -0.2) is 21.0 Å². The van der Waals surface area contributed by atoms with Crippen LogP contribution in [0.25, 0.3) is 0 Å². The van der Waals surface area contributed by atoms with Gasteiger partial charge < -0.3 is 10.6 Å². The van der Waals surface area contributed by atoms with E-state index in [1.807, 2.05) is 44.2 Å². The van der Waals surface area contributed by atoms with Gasteiger partial charge in [-0.3, -0.25) is 4.31 Å². The van der Waals surface area contributed by atoms with Crippen molar-refractivity contribution in [3.63, 3.8) is 0 Å². The van der Waals surface area contributed by atoms with Crippen LogP contribution in [0, 0.1) is 13.8 Å². The van der Waals surface area contributed by atoms with Crippen LogP contribution in [0.3, 0.4) is 0 Å². The van der Waals surface area contributed by atoms with Gasteiger partial charge in [0.25, 0.3) is 10.0 Å². The highest BCUT2D eigenvalue weighted by atomic mass is 32.2. The number of nitrogens with zero attached hydrogens (tertiary/aromatic N) is 1. The van der Waals surface area contributed by atoms with E-state index in [9.17, 15) is 13.2 Å². The minimum absolute atomic E-state index is 0.278. The van der Waals surface area contributed by atoms with Crippen LogP contribution in [0.5, 0.6) is 0 Å². The van der Waals surface area contributed by atoms with Crippen LogP contribution in [-0.2, 0) is 16.4 Å². The maximum atomic E-state index is 13.1. The van der Waals surface area contributed by atoms with Crippen molar-refractivity contribution >= 4 is 33.1 Å². The van der Waals surface area contributed by atoms with Crippen molar-refractivity contribution in [1.29, 1.82) is 0 Å². The Morgan fingerprint density at radius 2 is 1.67 bits per heavy atom. The maximum Gasteiger partial charge on any atom is 0.323 e. The van der Waals surface area contributed by atoms with Crippen molar-refractivity contribution in [3.05, 3.63) is 83.4 Å². The molecule has 2 amide bonds. The number of para-hydroxylation sites is 1. The number of aryl methyl sites for hydroxylation is 2. The van der Waals surface area contributed by atoms with Gasteiger partial charge in [0.15, 0.2) is 0 Å². The lowest BCUT2D eigenvalue weighted by molar-refractivity contribution is 0.262. The summed E-state index contributed by atoms with van der Waals surface area (Å²) in [5.41, 5.74) is 4.88. The molecule has 0 saturated heterocycles. The Morgan fingerprint density at radius 3 is 2.40 bits per heavy atom. The van der Waals surface area contributed by atoms with Crippen LogP contribution >= 0.6 is 0 Å². The SMILES string of the molecule is Cc1ccc(S(=O)(=O)N2CCc3cc(NC(=O)Nc4ccccc4C)ccc32)cc1. The molecule has 0 fully saturated rings. The molecular weight excluding hydrogens is 398 g/mol. The molecule has 1 aliphatic rings. The Hall–Kier alpha value is -3.32. The topological polar surface area (TPSA) is 78.5 Å². The van der Waals surface area contributed by atoms with E-state index in [-0.39, 0.29) is 10.9 Å². The first-order valence-corrected chi connectivity index (χ1v) is 11.1. The van der Waals surface area contributed by atoms with E-state index in [0.717, 1.165) is 22.4 Å². The molecule has 3 aromatic carbocycles. The number of hydrogen-bond acceptors (Lipinski definition) is 3. The van der Waals surface area contributed by atoms with Gasteiger partial charge in [0, 0.05) is 17.9 Å². The number of sulfonamides is 1. The molecule has 2 N–H and O–H groups in total. The minimum Gasteiger partial charge on any atom is -0.308 e. The molecule has 0 atom stereocenters. The van der Waals surface area contributed by atoms with Crippen LogP contribution < -0.4 is 14.9 Å². The molecule has 6 nitrogen and oxygen atoms in total. The number of rotatable bonds is 4. The van der Waals surface area contributed by atoms with E-state index in [4.69, 9.17) is 0 Å². The van der Waals surface area contributed by atoms with E-state index in [1.165, 1.54) is 4.31 Å². The third-order valence-corrected chi connectivity index (χ3v) is 7.02. The molecule has 0 unspecified atom stereocenters. The van der Waals surface area contributed by atoms with E-state index in [2.05, 4.69) is 10.6 Å². The van der Waals surface area contributed by atoms with Gasteiger partial charge in [-0.1, -0.05) is 35.9 Å². The number of fused-ring (bicyclic) bond motifs is 1. The highest BCUT2D eigenvalue weighted by Gasteiger charge is 2.31. The van der Waals surface area contributed by atoms with Crippen LogP contribution in [0.2, 0.25) is 0 Å². The lowest BCUT2D eigenvalue weighted by Gasteiger charge is -2.20. The van der Waals surface area contributed by atoms with E-state index in [1.54, 1.807) is 36.4 Å². The third-order valence-electron chi connectivity index (χ3n) is 5.19. The lowest BCUT2D eigenvalue weighted by Crippen LogP contribution is -2.29. The van der Waals surface area contributed by atoms with Crippen molar-refractivity contribution in [2.45, 2.75) is 25.2 Å². The predicted molar refractivity (Wildman–Crippen MR) is 120 cm³/mol. The first kappa shape index (κ1) is 20.0. The average molecular weight is 422 g/mol. The second kappa shape index (κ2) is 7.84. The molecule has 1 heterocycles. The molecule has 0 saturated carbocycles. The summed E-state index contributed by atoms with van der Waals surface area (Å²) in [6.45, 7) is 4.23. The highest BCUT2D eigenvalue weighted by Crippen LogP contribution is 2.34. The Labute approximate surface area is 176 Å². The second-order valence-corrected chi connectivity index (χ2v) is 9.24. The highest BCUT2D eigenvalue weighted by molar-refractivity contribution is 7.92. The summed E-state index contributed by atoms with van der Waals surface area (Å²) in [6.07, 6.45) is 0.593. The molecule has 7 heteroatoms. The zero-order chi connectivity index (χ0) is 21.3. The van der Waals surface area contributed by atoms with Crippen molar-refractivity contribution < 1.29 is 13.2 Å². The van der Waals surface area contributed by atoms with E-state index >= 15 is 0 Å². The monoisotopic (exact) mass is 421 g/mol. The zero-order valence-electron chi connectivity index (χ0n) is 16.8. The number of amides is 2. The Bertz CT molecular complexity index is 1200. The fraction of sp³-hybridized carbons (Fsp3) is 0.174. The van der Waals surface area contributed by atoms with Gasteiger partial charge in [0.05, 0.1) is 10.6 Å². The van der Waals surface area contributed by atoms with Gasteiger partial charge in [-0.05, 0) is 67.8 Å². The van der Waals surface area contributed by atoms with Gasteiger partial charge in [-0.25, -0.2) is 13.2 Å². The van der Waals surface area contributed by atoms with Gasteiger partial charge in [0.1, 0.15) is 0 Å². The largest absolute Gasteiger partial charge is 0.323 e. The van der Waals surface area contributed by atoms with Gasteiger partial charge in [-0.2, -0.15) is 0 Å². The van der Waals surface area contributed by atoms with Crippen LogP contribution in [0.15, 0.2) is 71.6 Å². The van der Waals surface area contributed by atoms with Gasteiger partial charge >= 0.3 is 6.03 Å². The Kier molecular flexibility index (Phi) is 5.22. The Balaban J connectivity index is 1.52. The molecule has 4 rings (SSSR count). The zero-order valence-corrected chi connectivity index (χ0v) is 17.7. The number of urea groups is 1. The number of benzene rings is 3. The van der Waals surface area contributed by atoms with E-state index < -0.39 is 10.0 Å². The molecule has 0 aromatic heterocycles. The molecule has 1 aliphatic heterocycles. The van der Waals surface area contributed by atoms with Crippen LogP contribution in [0.1, 0.15) is 16.7 Å². The van der Waals surface area contributed by atoms with Crippen molar-refractivity contribution in [3.8, 4) is 0 Å². The summed E-state index contributed by atoms with van der Waals surface area (Å²) < 4.78 is 27.5. The van der Waals surface area contributed by atoms with Gasteiger partial charge in [0.2, 0.25) is 0 Å². The fourth-order valence-electron chi connectivity index (χ4n) is 3.53. The summed E-state index contributed by atoms with van der Waals surface area (Å²) >= 11 is 0. The van der Waals surface area contributed by atoms with Gasteiger partial charge in [-0.15, -0.1) is 0 Å². The molecule has 0 bridgehead atoms. The van der Waals surface area contributed by atoms with Crippen LogP contribution in [0.4, 0.5) is 21.9 Å². The molecular formula is C23H23N3O3S. The Morgan fingerprint density at radius 1 is 0.933 bits per heavy atom. The summed E-state index contributed by atoms with van der Waals surface area (Å²) in [6, 6.07) is 19.4. The molecule has 30 heavy (non-hydrogen) atoms. The third kappa shape index (κ3) is 3.89. The van der Waals surface area contributed by atoms with Crippen molar-refractivity contribution in [1.82, 2.24) is 0 Å². The fourth-order valence-corrected chi connectivity index (χ4v) is 5.04. The predicted octanol–water partition coefficient (Wildman–Crippen LogP) is 4.70. The normalized spacial score (nSPS) is 13.1. The smallest absolute Gasteiger partial charge is 0.308 e. The number of carbonyl (C=O) groups excluding carboxylic acids is 1. The first-order chi connectivity index (χ1) is 14.3. The standard InChI is InChI=1S/C23H23N3O3S/c1-16-7-10-20(11-8-16)30(28,29)26-14-13-18-15-19(9-12-22(18)26)24-23(27)25-21-6-4-3-5-17(21)2/h3-12,15H,13-14H2,1-2H3,(H2,24,25,27). The summed E-state index contributed by atoms with van der Waals surface area (Å²) in [7, 11) is -3.62. The first-order valence-electron chi connectivity index (χ1n) is 9.70. The van der Waals surface area contributed by atoms with Crippen molar-refractivity contribution in [2.75, 3.05) is 21.5 Å².